The third-order valence-electron chi connectivity index (χ3n) is 3.36. The molecular weight excluding hydrogens is 304 g/mol. The van der Waals surface area contributed by atoms with Crippen molar-refractivity contribution in [3.63, 3.8) is 0 Å². The van der Waals surface area contributed by atoms with Crippen molar-refractivity contribution in [2.45, 2.75) is 38.0 Å². The fraction of sp³-hybridized carbons (Fsp3) is 0.571. The zero-order valence-corrected chi connectivity index (χ0v) is 13.7. The molecule has 0 radical (unpaired) electrons. The van der Waals surface area contributed by atoms with Crippen LogP contribution in [0.3, 0.4) is 0 Å². The van der Waals surface area contributed by atoms with Gasteiger partial charge in [-0.05, 0) is 20.8 Å². The van der Waals surface area contributed by atoms with Crippen LogP contribution in [-0.2, 0) is 16.0 Å². The van der Waals surface area contributed by atoms with Gasteiger partial charge in [-0.2, -0.15) is 0 Å². The quantitative estimate of drug-likeness (QED) is 0.708. The van der Waals surface area contributed by atoms with E-state index < -0.39 is 10.8 Å². The SMILES string of the molecule is Cc1cc(=O)[nH]c(CCNC(=O)[C@H]2CSC(C)(C)C(=O)N2)n1. The third-order valence-corrected chi connectivity index (χ3v) is 4.77. The van der Waals surface area contributed by atoms with Crippen LogP contribution in [0.1, 0.15) is 25.4 Å². The summed E-state index contributed by atoms with van der Waals surface area (Å²) in [4.78, 5) is 42.0. The molecule has 0 aromatic carbocycles. The second kappa shape index (κ2) is 6.51. The maximum atomic E-state index is 12.0. The molecule has 0 unspecified atom stereocenters. The van der Waals surface area contributed by atoms with Crippen LogP contribution in [-0.4, -0.2) is 44.9 Å². The number of carbonyl (C=O) groups is 2. The van der Waals surface area contributed by atoms with Crippen LogP contribution in [0.15, 0.2) is 10.9 Å². The van der Waals surface area contributed by atoms with Gasteiger partial charge < -0.3 is 15.6 Å². The van der Waals surface area contributed by atoms with Crippen LogP contribution in [0.25, 0.3) is 0 Å². The van der Waals surface area contributed by atoms with Crippen LogP contribution in [0.4, 0.5) is 0 Å². The Morgan fingerprint density at radius 2 is 2.23 bits per heavy atom. The number of nitrogens with zero attached hydrogens (tertiary/aromatic N) is 1. The van der Waals surface area contributed by atoms with Crippen LogP contribution in [0, 0.1) is 6.92 Å². The smallest absolute Gasteiger partial charge is 0.251 e. The molecule has 120 valence electrons. The standard InChI is InChI=1S/C14H20N4O3S/c1-8-6-11(19)18-10(16-8)4-5-15-12(20)9-7-22-14(2,3)13(21)17-9/h6,9H,4-5,7H2,1-3H3,(H,15,20)(H,17,21)(H,16,18,19)/t9-/m1/s1. The third kappa shape index (κ3) is 4.09. The second-order valence-electron chi connectivity index (χ2n) is 5.72. The van der Waals surface area contributed by atoms with Crippen molar-refractivity contribution in [1.29, 1.82) is 0 Å². The average molecular weight is 324 g/mol. The van der Waals surface area contributed by atoms with E-state index in [-0.39, 0.29) is 17.4 Å². The zero-order chi connectivity index (χ0) is 16.3. The van der Waals surface area contributed by atoms with E-state index in [0.717, 1.165) is 0 Å². The van der Waals surface area contributed by atoms with E-state index in [9.17, 15) is 14.4 Å². The monoisotopic (exact) mass is 324 g/mol. The zero-order valence-electron chi connectivity index (χ0n) is 12.9. The number of aromatic nitrogens is 2. The largest absolute Gasteiger partial charge is 0.354 e. The molecule has 2 amide bonds. The number of aryl methyl sites for hydroxylation is 1. The molecule has 0 aliphatic carbocycles. The molecule has 8 heteroatoms. The molecule has 0 bridgehead atoms. The van der Waals surface area contributed by atoms with Gasteiger partial charge in [0, 0.05) is 30.5 Å². The summed E-state index contributed by atoms with van der Waals surface area (Å²) in [5.74, 6) is 0.734. The molecule has 1 saturated heterocycles. The minimum absolute atomic E-state index is 0.131. The predicted molar refractivity (Wildman–Crippen MR) is 84.8 cm³/mol. The molecule has 1 aliphatic rings. The van der Waals surface area contributed by atoms with Crippen molar-refractivity contribution in [2.24, 2.45) is 0 Å². The number of thioether (sulfide) groups is 1. The van der Waals surface area contributed by atoms with Gasteiger partial charge in [0.15, 0.2) is 0 Å². The molecule has 2 heterocycles. The molecule has 2 rings (SSSR count). The first-order chi connectivity index (χ1) is 10.3. The Hall–Kier alpha value is -1.83. The summed E-state index contributed by atoms with van der Waals surface area (Å²) < 4.78 is -0.498. The lowest BCUT2D eigenvalue weighted by molar-refractivity contribution is -0.129. The van der Waals surface area contributed by atoms with Crippen molar-refractivity contribution in [3.8, 4) is 0 Å². The predicted octanol–water partition coefficient (Wildman–Crippen LogP) is -0.253. The Balaban J connectivity index is 1.83. The number of rotatable bonds is 4. The summed E-state index contributed by atoms with van der Waals surface area (Å²) in [6.45, 7) is 5.77. The fourth-order valence-electron chi connectivity index (χ4n) is 2.06. The minimum atomic E-state index is -0.518. The summed E-state index contributed by atoms with van der Waals surface area (Å²) in [6, 6.07) is 0.897. The number of aromatic amines is 1. The van der Waals surface area contributed by atoms with Crippen molar-refractivity contribution in [1.82, 2.24) is 20.6 Å². The summed E-state index contributed by atoms with van der Waals surface area (Å²) in [6.07, 6.45) is 0.433. The molecule has 1 fully saturated rings. The van der Waals surface area contributed by atoms with Gasteiger partial charge in [0.1, 0.15) is 11.9 Å². The first kappa shape index (κ1) is 16.5. The number of amides is 2. The maximum Gasteiger partial charge on any atom is 0.251 e. The highest BCUT2D eigenvalue weighted by molar-refractivity contribution is 8.01. The Morgan fingerprint density at radius 3 is 2.86 bits per heavy atom. The van der Waals surface area contributed by atoms with Gasteiger partial charge in [-0.3, -0.25) is 14.4 Å². The average Bonchev–Trinajstić information content (AvgIpc) is 2.40. The van der Waals surface area contributed by atoms with Gasteiger partial charge in [0.05, 0.1) is 4.75 Å². The van der Waals surface area contributed by atoms with Crippen LogP contribution < -0.4 is 16.2 Å². The number of hydrogen-bond donors (Lipinski definition) is 3. The van der Waals surface area contributed by atoms with E-state index in [1.54, 1.807) is 6.92 Å². The topological polar surface area (TPSA) is 104 Å². The number of H-pyrrole nitrogens is 1. The molecule has 1 atom stereocenters. The Morgan fingerprint density at radius 1 is 1.50 bits per heavy atom. The summed E-state index contributed by atoms with van der Waals surface area (Å²) in [7, 11) is 0. The van der Waals surface area contributed by atoms with Gasteiger partial charge in [-0.1, -0.05) is 0 Å². The first-order valence-corrected chi connectivity index (χ1v) is 8.06. The summed E-state index contributed by atoms with van der Waals surface area (Å²) >= 11 is 1.47. The van der Waals surface area contributed by atoms with E-state index in [0.29, 0.717) is 30.2 Å². The van der Waals surface area contributed by atoms with E-state index >= 15 is 0 Å². The fourth-order valence-corrected chi connectivity index (χ4v) is 3.07. The lowest BCUT2D eigenvalue weighted by atomic mass is 10.1. The van der Waals surface area contributed by atoms with Crippen molar-refractivity contribution in [2.75, 3.05) is 12.3 Å². The van der Waals surface area contributed by atoms with Gasteiger partial charge in [-0.25, -0.2) is 4.98 Å². The van der Waals surface area contributed by atoms with Crippen molar-refractivity contribution >= 4 is 23.6 Å². The molecule has 1 aromatic heterocycles. The summed E-state index contributed by atoms with van der Waals surface area (Å²) in [5, 5.41) is 5.49. The maximum absolute atomic E-state index is 12.0. The molecular formula is C14H20N4O3S. The van der Waals surface area contributed by atoms with Gasteiger partial charge >= 0.3 is 0 Å². The number of nitrogens with one attached hydrogen (secondary N) is 3. The normalized spacial score (nSPS) is 20.3. The highest BCUT2D eigenvalue weighted by atomic mass is 32.2. The van der Waals surface area contributed by atoms with E-state index in [1.807, 2.05) is 13.8 Å². The molecule has 0 spiro atoms. The molecule has 22 heavy (non-hydrogen) atoms. The minimum Gasteiger partial charge on any atom is -0.354 e. The lowest BCUT2D eigenvalue weighted by Gasteiger charge is -2.32. The molecule has 3 N–H and O–H groups in total. The van der Waals surface area contributed by atoms with Crippen LogP contribution in [0.2, 0.25) is 0 Å². The highest BCUT2D eigenvalue weighted by Crippen LogP contribution is 2.28. The van der Waals surface area contributed by atoms with E-state index in [4.69, 9.17) is 0 Å². The molecule has 0 saturated carbocycles. The summed E-state index contributed by atoms with van der Waals surface area (Å²) in [5.41, 5.74) is 0.440. The van der Waals surface area contributed by atoms with Gasteiger partial charge in [0.2, 0.25) is 11.8 Å². The Labute approximate surface area is 132 Å². The Bertz CT molecular complexity index is 641. The highest BCUT2D eigenvalue weighted by Gasteiger charge is 2.37. The number of carbonyl (C=O) groups excluding carboxylic acids is 2. The molecule has 1 aromatic rings. The van der Waals surface area contributed by atoms with Gasteiger partial charge in [-0.15, -0.1) is 11.8 Å². The van der Waals surface area contributed by atoms with E-state index in [1.165, 1.54) is 17.8 Å². The van der Waals surface area contributed by atoms with Gasteiger partial charge in [0.25, 0.3) is 5.56 Å². The van der Waals surface area contributed by atoms with Crippen LogP contribution in [0.5, 0.6) is 0 Å². The first-order valence-electron chi connectivity index (χ1n) is 7.07. The lowest BCUT2D eigenvalue weighted by Crippen LogP contribution is -2.57. The molecule has 1 aliphatic heterocycles. The van der Waals surface area contributed by atoms with E-state index in [2.05, 4.69) is 20.6 Å². The Kier molecular flexibility index (Phi) is 4.90. The number of hydrogen-bond acceptors (Lipinski definition) is 5. The molecule has 7 nitrogen and oxygen atoms in total. The van der Waals surface area contributed by atoms with Crippen molar-refractivity contribution in [3.05, 3.63) is 27.9 Å². The van der Waals surface area contributed by atoms with Crippen molar-refractivity contribution < 1.29 is 9.59 Å². The van der Waals surface area contributed by atoms with Crippen LogP contribution >= 0.6 is 11.8 Å². The second-order valence-corrected chi connectivity index (χ2v) is 7.36.